The molecule has 4 unspecified atom stereocenters. The highest BCUT2D eigenvalue weighted by Crippen LogP contribution is 2.53. The van der Waals surface area contributed by atoms with Crippen LogP contribution in [-0.2, 0) is 26.3 Å². The molecule has 1 saturated heterocycles. The summed E-state index contributed by atoms with van der Waals surface area (Å²) in [6.07, 6.45) is 5.07. The number of ether oxygens (including phenoxy) is 1. The van der Waals surface area contributed by atoms with Crippen molar-refractivity contribution in [1.82, 2.24) is 0 Å². The summed E-state index contributed by atoms with van der Waals surface area (Å²) in [5.74, 6) is -0.777. The number of amides is 2. The third-order valence-corrected chi connectivity index (χ3v) is 7.02. The molecule has 5 rings (SSSR count). The Bertz CT molecular complexity index is 1080. The average Bonchev–Trinajstić information content (AvgIpc) is 3.45. The molecule has 1 heterocycles. The second kappa shape index (κ2) is 7.44. The number of rotatable bonds is 4. The molecule has 5 nitrogen and oxygen atoms in total. The first-order chi connectivity index (χ1) is 15.2. The molecule has 2 aromatic carbocycles. The monoisotopic (exact) mass is 429 g/mol. The molecule has 0 spiro atoms. The Hall–Kier alpha value is -3.21. The lowest BCUT2D eigenvalue weighted by Crippen LogP contribution is -2.32. The Morgan fingerprint density at radius 3 is 2.00 bits per heavy atom. The van der Waals surface area contributed by atoms with Gasteiger partial charge >= 0.3 is 5.97 Å². The van der Waals surface area contributed by atoms with Crippen LogP contribution in [0.4, 0.5) is 5.69 Å². The molecule has 1 saturated carbocycles. The van der Waals surface area contributed by atoms with E-state index in [1.165, 1.54) is 10.5 Å². The van der Waals surface area contributed by atoms with E-state index in [1.54, 1.807) is 24.3 Å². The van der Waals surface area contributed by atoms with Crippen LogP contribution >= 0.6 is 0 Å². The highest BCUT2D eigenvalue weighted by Gasteiger charge is 2.59. The summed E-state index contributed by atoms with van der Waals surface area (Å²) in [6.45, 7) is 6.65. The molecular formula is C27H27NO4. The molecule has 0 aromatic heterocycles. The maximum absolute atomic E-state index is 12.9. The molecule has 5 heteroatoms. The van der Waals surface area contributed by atoms with Crippen LogP contribution in [0.2, 0.25) is 0 Å². The molecule has 2 aliphatic carbocycles. The third kappa shape index (κ3) is 3.36. The Kier molecular flexibility index (Phi) is 4.81. The van der Waals surface area contributed by atoms with Gasteiger partial charge in [-0.15, -0.1) is 0 Å². The van der Waals surface area contributed by atoms with E-state index >= 15 is 0 Å². The molecule has 3 aliphatic rings. The van der Waals surface area contributed by atoms with Crippen molar-refractivity contribution in [3.05, 3.63) is 77.4 Å². The van der Waals surface area contributed by atoms with Crippen LogP contribution in [0.5, 0.6) is 0 Å². The van der Waals surface area contributed by atoms with Crippen LogP contribution in [0.3, 0.4) is 0 Å². The first-order valence-corrected chi connectivity index (χ1v) is 11.2. The molecule has 4 atom stereocenters. The number of hydrogen-bond donors (Lipinski definition) is 0. The van der Waals surface area contributed by atoms with Crippen LogP contribution in [0, 0.1) is 23.7 Å². The van der Waals surface area contributed by atoms with Gasteiger partial charge < -0.3 is 4.74 Å². The Morgan fingerprint density at radius 2 is 1.47 bits per heavy atom. The zero-order valence-electron chi connectivity index (χ0n) is 18.6. The topological polar surface area (TPSA) is 63.7 Å². The second-order valence-corrected chi connectivity index (χ2v) is 10.1. The number of carbonyl (C=O) groups excluding carboxylic acids is 3. The number of carbonyl (C=O) groups is 3. The average molecular weight is 430 g/mol. The van der Waals surface area contributed by atoms with Gasteiger partial charge in [0.2, 0.25) is 11.8 Å². The van der Waals surface area contributed by atoms with Gasteiger partial charge in [-0.2, -0.15) is 0 Å². The van der Waals surface area contributed by atoms with Crippen molar-refractivity contribution in [1.29, 1.82) is 0 Å². The van der Waals surface area contributed by atoms with Gasteiger partial charge in [0, 0.05) is 0 Å². The van der Waals surface area contributed by atoms with Crippen molar-refractivity contribution < 1.29 is 19.1 Å². The van der Waals surface area contributed by atoms with Crippen molar-refractivity contribution in [2.45, 2.75) is 39.2 Å². The highest BCUT2D eigenvalue weighted by atomic mass is 16.5. The molecular weight excluding hydrogens is 402 g/mol. The second-order valence-electron chi connectivity index (χ2n) is 10.1. The summed E-state index contributed by atoms with van der Waals surface area (Å²) in [6, 6.07) is 14.6. The highest BCUT2D eigenvalue weighted by molar-refractivity contribution is 6.22. The van der Waals surface area contributed by atoms with E-state index in [0.717, 1.165) is 12.0 Å². The van der Waals surface area contributed by atoms with Gasteiger partial charge in [0.05, 0.1) is 23.1 Å². The van der Waals surface area contributed by atoms with E-state index in [0.29, 0.717) is 11.3 Å². The largest absolute Gasteiger partial charge is 0.457 e. The Balaban J connectivity index is 1.24. The number of fused-ring (bicyclic) bond motifs is 5. The fourth-order valence-electron chi connectivity index (χ4n) is 5.24. The van der Waals surface area contributed by atoms with E-state index in [-0.39, 0.29) is 47.5 Å². The number of benzene rings is 2. The number of esters is 1. The summed E-state index contributed by atoms with van der Waals surface area (Å²) in [7, 11) is 0. The number of hydrogen-bond acceptors (Lipinski definition) is 4. The van der Waals surface area contributed by atoms with Gasteiger partial charge in [0.1, 0.15) is 6.61 Å². The van der Waals surface area contributed by atoms with Gasteiger partial charge in [-0.1, -0.05) is 57.2 Å². The molecule has 1 aliphatic heterocycles. The van der Waals surface area contributed by atoms with Crippen LogP contribution < -0.4 is 4.90 Å². The first kappa shape index (κ1) is 20.7. The first-order valence-electron chi connectivity index (χ1n) is 11.2. The predicted molar refractivity (Wildman–Crippen MR) is 121 cm³/mol. The predicted octanol–water partition coefficient (Wildman–Crippen LogP) is 4.65. The standard InChI is InChI=1S/C27H27NO4/c1-27(2,3)20-10-4-16(5-11-20)15-32-26(31)17-8-12-21(13-9-17)28-24(29)22-18-6-7-19(14-18)23(22)25(28)30/h4-13,18-19,22-23H,14-15H2,1-3H3. The van der Waals surface area contributed by atoms with Crippen molar-refractivity contribution in [3.63, 3.8) is 0 Å². The number of imide groups is 1. The third-order valence-electron chi connectivity index (χ3n) is 7.02. The van der Waals surface area contributed by atoms with E-state index in [9.17, 15) is 14.4 Å². The van der Waals surface area contributed by atoms with Gasteiger partial charge in [-0.3, -0.25) is 14.5 Å². The number of nitrogens with zero attached hydrogens (tertiary/aromatic N) is 1. The Labute approximate surface area is 188 Å². The van der Waals surface area contributed by atoms with Crippen molar-refractivity contribution in [3.8, 4) is 0 Å². The van der Waals surface area contributed by atoms with Crippen LogP contribution in [0.15, 0.2) is 60.7 Å². The molecule has 0 N–H and O–H groups in total. The minimum Gasteiger partial charge on any atom is -0.457 e. The van der Waals surface area contributed by atoms with Gasteiger partial charge in [0.25, 0.3) is 0 Å². The van der Waals surface area contributed by atoms with E-state index in [2.05, 4.69) is 45.1 Å². The fourth-order valence-corrected chi connectivity index (χ4v) is 5.24. The summed E-state index contributed by atoms with van der Waals surface area (Å²) in [5.41, 5.74) is 3.13. The summed E-state index contributed by atoms with van der Waals surface area (Å²) < 4.78 is 5.45. The van der Waals surface area contributed by atoms with Gasteiger partial charge in [-0.05, 0) is 59.1 Å². The smallest absolute Gasteiger partial charge is 0.338 e. The van der Waals surface area contributed by atoms with Crippen LogP contribution in [0.25, 0.3) is 0 Å². The lowest BCUT2D eigenvalue weighted by Gasteiger charge is -2.19. The molecule has 2 amide bonds. The van der Waals surface area contributed by atoms with Crippen LogP contribution in [-0.4, -0.2) is 17.8 Å². The van der Waals surface area contributed by atoms with E-state index in [1.807, 2.05) is 12.1 Å². The summed E-state index contributed by atoms with van der Waals surface area (Å²) in [4.78, 5) is 39.6. The summed E-state index contributed by atoms with van der Waals surface area (Å²) >= 11 is 0. The molecule has 164 valence electrons. The zero-order chi connectivity index (χ0) is 22.6. The minimum atomic E-state index is -0.436. The van der Waals surface area contributed by atoms with Crippen molar-refractivity contribution in [2.24, 2.45) is 23.7 Å². The fraction of sp³-hybridized carbons (Fsp3) is 0.370. The van der Waals surface area contributed by atoms with E-state index < -0.39 is 5.97 Å². The molecule has 32 heavy (non-hydrogen) atoms. The van der Waals surface area contributed by atoms with E-state index in [4.69, 9.17) is 4.74 Å². The van der Waals surface area contributed by atoms with Crippen LogP contribution in [0.1, 0.15) is 48.7 Å². The molecule has 2 bridgehead atoms. The van der Waals surface area contributed by atoms with Crippen molar-refractivity contribution >= 4 is 23.5 Å². The Morgan fingerprint density at radius 1 is 0.906 bits per heavy atom. The van der Waals surface area contributed by atoms with Gasteiger partial charge in [-0.25, -0.2) is 4.79 Å². The molecule has 0 radical (unpaired) electrons. The minimum absolute atomic E-state index is 0.0732. The molecule has 2 aromatic rings. The quantitative estimate of drug-likeness (QED) is 0.403. The maximum Gasteiger partial charge on any atom is 0.338 e. The molecule has 2 fully saturated rings. The zero-order valence-corrected chi connectivity index (χ0v) is 18.6. The summed E-state index contributed by atoms with van der Waals surface area (Å²) in [5, 5.41) is 0. The van der Waals surface area contributed by atoms with Crippen molar-refractivity contribution in [2.75, 3.05) is 4.90 Å². The SMILES string of the molecule is CC(C)(C)c1ccc(COC(=O)c2ccc(N3C(=O)C4C5C=CC(C5)C4C3=O)cc2)cc1. The number of allylic oxidation sites excluding steroid dienone is 2. The lowest BCUT2D eigenvalue weighted by molar-refractivity contribution is -0.123. The maximum atomic E-state index is 12.9. The lowest BCUT2D eigenvalue weighted by atomic mass is 9.85. The normalized spacial score (nSPS) is 26.0. The van der Waals surface area contributed by atoms with Gasteiger partial charge in [0.15, 0.2) is 0 Å². The number of anilines is 1.